The van der Waals surface area contributed by atoms with Crippen LogP contribution in [0, 0.1) is 0 Å². The summed E-state index contributed by atoms with van der Waals surface area (Å²) in [7, 11) is 0. The molecule has 2 aliphatic rings. The van der Waals surface area contributed by atoms with E-state index in [0.717, 1.165) is 38.8 Å². The average Bonchev–Trinajstić information content (AvgIpc) is 2.76. The number of hydrogen-bond donors (Lipinski definition) is 2. The molecule has 0 bridgehead atoms. The van der Waals surface area contributed by atoms with Crippen LogP contribution in [-0.4, -0.2) is 48.4 Å². The lowest BCUT2D eigenvalue weighted by atomic mass is 10.0. The molecule has 0 radical (unpaired) electrons. The molecule has 1 unspecified atom stereocenters. The van der Waals surface area contributed by atoms with E-state index in [1.54, 1.807) is 0 Å². The molecule has 2 saturated heterocycles. The van der Waals surface area contributed by atoms with Crippen LogP contribution in [0.15, 0.2) is 0 Å². The number of carbonyl (C=O) groups excluding carboxylic acids is 2. The van der Waals surface area contributed by atoms with Crippen molar-refractivity contribution in [2.24, 2.45) is 0 Å². The smallest absolute Gasteiger partial charge is 0.237 e. The topological polar surface area (TPSA) is 61.4 Å². The first-order valence-corrected chi connectivity index (χ1v) is 6.98. The molecule has 2 heterocycles. The molecule has 5 nitrogen and oxygen atoms in total. The van der Waals surface area contributed by atoms with E-state index in [4.69, 9.17) is 0 Å². The van der Waals surface area contributed by atoms with E-state index >= 15 is 0 Å². The van der Waals surface area contributed by atoms with Gasteiger partial charge in [-0.25, -0.2) is 0 Å². The standard InChI is InChI=1S/C13H23N3O2.ClH/c1-10(9-16-8-4-6-12(16)17)15-13(18)11-5-2-3-7-14-11;/h10-11,14H,2-9H2,1H3,(H,15,18);1H/t10?,11-;/m0./s1. The zero-order chi connectivity index (χ0) is 13.0. The van der Waals surface area contributed by atoms with Crippen LogP contribution in [-0.2, 0) is 9.59 Å². The van der Waals surface area contributed by atoms with Gasteiger partial charge in [-0.2, -0.15) is 0 Å². The molecule has 2 amide bonds. The summed E-state index contributed by atoms with van der Waals surface area (Å²) in [5, 5.41) is 6.24. The van der Waals surface area contributed by atoms with Gasteiger partial charge in [0.1, 0.15) is 0 Å². The molecule has 2 atom stereocenters. The van der Waals surface area contributed by atoms with E-state index in [9.17, 15) is 9.59 Å². The Morgan fingerprint density at radius 3 is 2.84 bits per heavy atom. The third-order valence-corrected chi connectivity index (χ3v) is 3.68. The highest BCUT2D eigenvalue weighted by Crippen LogP contribution is 2.10. The Balaban J connectivity index is 0.00000180. The summed E-state index contributed by atoms with van der Waals surface area (Å²) in [6, 6.07) is -0.0150. The molecular formula is C13H24ClN3O2. The maximum atomic E-state index is 12.0. The predicted molar refractivity (Wildman–Crippen MR) is 76.3 cm³/mol. The molecule has 0 aliphatic carbocycles. The normalized spacial score (nSPS) is 24.8. The summed E-state index contributed by atoms with van der Waals surface area (Å²) in [4.78, 5) is 25.3. The Labute approximate surface area is 120 Å². The third-order valence-electron chi connectivity index (χ3n) is 3.68. The lowest BCUT2D eigenvalue weighted by Crippen LogP contribution is -2.51. The van der Waals surface area contributed by atoms with Gasteiger partial charge in [0, 0.05) is 25.6 Å². The fraction of sp³-hybridized carbons (Fsp3) is 0.846. The number of nitrogens with zero attached hydrogens (tertiary/aromatic N) is 1. The van der Waals surface area contributed by atoms with E-state index < -0.39 is 0 Å². The van der Waals surface area contributed by atoms with Gasteiger partial charge in [-0.1, -0.05) is 6.42 Å². The maximum Gasteiger partial charge on any atom is 0.237 e. The van der Waals surface area contributed by atoms with Crippen molar-refractivity contribution < 1.29 is 9.59 Å². The second kappa shape index (κ2) is 7.70. The number of rotatable bonds is 4. The molecule has 2 aliphatic heterocycles. The molecule has 19 heavy (non-hydrogen) atoms. The fourth-order valence-corrected chi connectivity index (χ4v) is 2.69. The molecule has 0 spiro atoms. The average molecular weight is 290 g/mol. The van der Waals surface area contributed by atoms with Crippen molar-refractivity contribution in [3.8, 4) is 0 Å². The summed E-state index contributed by atoms with van der Waals surface area (Å²) in [5.41, 5.74) is 0. The number of halogens is 1. The Morgan fingerprint density at radius 1 is 1.47 bits per heavy atom. The van der Waals surface area contributed by atoms with E-state index in [-0.39, 0.29) is 36.3 Å². The molecule has 0 saturated carbocycles. The van der Waals surface area contributed by atoms with E-state index in [0.29, 0.717) is 13.0 Å². The van der Waals surface area contributed by atoms with Gasteiger partial charge in [0.25, 0.3) is 0 Å². The predicted octanol–water partition coefficient (Wildman–Crippen LogP) is 0.677. The lowest BCUT2D eigenvalue weighted by molar-refractivity contribution is -0.129. The van der Waals surface area contributed by atoms with Crippen molar-refractivity contribution in [1.82, 2.24) is 15.5 Å². The molecule has 2 N–H and O–H groups in total. The van der Waals surface area contributed by atoms with Gasteiger partial charge < -0.3 is 15.5 Å². The van der Waals surface area contributed by atoms with Gasteiger partial charge in [-0.3, -0.25) is 9.59 Å². The zero-order valence-electron chi connectivity index (χ0n) is 11.5. The van der Waals surface area contributed by atoms with Crippen molar-refractivity contribution in [2.75, 3.05) is 19.6 Å². The van der Waals surface area contributed by atoms with Crippen molar-refractivity contribution >= 4 is 24.2 Å². The van der Waals surface area contributed by atoms with Crippen molar-refractivity contribution in [3.63, 3.8) is 0 Å². The van der Waals surface area contributed by atoms with Crippen molar-refractivity contribution in [2.45, 2.75) is 51.1 Å². The van der Waals surface area contributed by atoms with Crippen LogP contribution in [0.4, 0.5) is 0 Å². The molecular weight excluding hydrogens is 266 g/mol. The number of likely N-dealkylation sites (tertiary alicyclic amines) is 1. The molecule has 0 aromatic heterocycles. The first kappa shape index (κ1) is 16.2. The monoisotopic (exact) mass is 289 g/mol. The quantitative estimate of drug-likeness (QED) is 0.800. The van der Waals surface area contributed by atoms with Crippen LogP contribution >= 0.6 is 12.4 Å². The number of nitrogens with one attached hydrogen (secondary N) is 2. The second-order valence-corrected chi connectivity index (χ2v) is 5.36. The summed E-state index contributed by atoms with van der Waals surface area (Å²) >= 11 is 0. The summed E-state index contributed by atoms with van der Waals surface area (Å²) in [6.07, 6.45) is 4.79. The van der Waals surface area contributed by atoms with E-state index in [1.807, 2.05) is 11.8 Å². The molecule has 0 aromatic carbocycles. The van der Waals surface area contributed by atoms with Crippen LogP contribution in [0.2, 0.25) is 0 Å². The van der Waals surface area contributed by atoms with Gasteiger partial charge in [0.2, 0.25) is 11.8 Å². The largest absolute Gasteiger partial charge is 0.351 e. The Hall–Kier alpha value is -0.810. The number of piperidine rings is 1. The van der Waals surface area contributed by atoms with Crippen molar-refractivity contribution in [3.05, 3.63) is 0 Å². The molecule has 2 fully saturated rings. The highest BCUT2D eigenvalue weighted by molar-refractivity contribution is 5.85. The summed E-state index contributed by atoms with van der Waals surface area (Å²) in [6.45, 7) is 4.36. The van der Waals surface area contributed by atoms with Gasteiger partial charge in [-0.05, 0) is 32.7 Å². The van der Waals surface area contributed by atoms with Crippen LogP contribution in [0.25, 0.3) is 0 Å². The van der Waals surface area contributed by atoms with Gasteiger partial charge >= 0.3 is 0 Å². The highest BCUT2D eigenvalue weighted by Gasteiger charge is 2.25. The minimum absolute atomic E-state index is 0. The number of amides is 2. The Morgan fingerprint density at radius 2 is 2.26 bits per heavy atom. The Bertz CT molecular complexity index is 319. The lowest BCUT2D eigenvalue weighted by Gasteiger charge is -2.26. The number of hydrogen-bond acceptors (Lipinski definition) is 3. The van der Waals surface area contributed by atoms with Crippen LogP contribution in [0.5, 0.6) is 0 Å². The van der Waals surface area contributed by atoms with Crippen LogP contribution < -0.4 is 10.6 Å². The van der Waals surface area contributed by atoms with Gasteiger partial charge in [-0.15, -0.1) is 12.4 Å². The highest BCUT2D eigenvalue weighted by atomic mass is 35.5. The molecule has 110 valence electrons. The summed E-state index contributed by atoms with van der Waals surface area (Å²) < 4.78 is 0. The SMILES string of the molecule is CC(CN1CCCC1=O)NC(=O)[C@@H]1CCCCN1.Cl. The summed E-state index contributed by atoms with van der Waals surface area (Å²) in [5.74, 6) is 0.292. The first-order chi connectivity index (χ1) is 8.66. The maximum absolute atomic E-state index is 12.0. The van der Waals surface area contributed by atoms with E-state index in [2.05, 4.69) is 10.6 Å². The Kier molecular flexibility index (Phi) is 6.58. The third kappa shape index (κ3) is 4.66. The molecule has 6 heteroatoms. The van der Waals surface area contributed by atoms with Crippen LogP contribution in [0.3, 0.4) is 0 Å². The second-order valence-electron chi connectivity index (χ2n) is 5.36. The zero-order valence-corrected chi connectivity index (χ0v) is 12.3. The van der Waals surface area contributed by atoms with Gasteiger partial charge in [0.05, 0.1) is 6.04 Å². The molecule has 2 rings (SSSR count). The van der Waals surface area contributed by atoms with Gasteiger partial charge in [0.15, 0.2) is 0 Å². The minimum atomic E-state index is -0.0459. The van der Waals surface area contributed by atoms with E-state index in [1.165, 1.54) is 0 Å². The fourth-order valence-electron chi connectivity index (χ4n) is 2.69. The first-order valence-electron chi connectivity index (χ1n) is 6.98. The van der Waals surface area contributed by atoms with Crippen molar-refractivity contribution in [1.29, 1.82) is 0 Å². The molecule has 0 aromatic rings. The number of carbonyl (C=O) groups is 2. The van der Waals surface area contributed by atoms with Crippen LogP contribution in [0.1, 0.15) is 39.0 Å². The minimum Gasteiger partial charge on any atom is -0.351 e.